The Kier molecular flexibility index (Phi) is 3.02. The fraction of sp³-hybridized carbons (Fsp3) is 0.500. The third kappa shape index (κ3) is 2.74. The molecule has 0 amide bonds. The second-order valence-corrected chi connectivity index (χ2v) is 4.80. The summed E-state index contributed by atoms with van der Waals surface area (Å²) in [6.45, 7) is 3.48. The molecule has 5 heteroatoms. The predicted octanol–water partition coefficient (Wildman–Crippen LogP) is 0.717. The van der Waals surface area contributed by atoms with Crippen molar-refractivity contribution in [3.8, 4) is 0 Å². The predicted molar refractivity (Wildman–Crippen MR) is 67.3 cm³/mol. The van der Waals surface area contributed by atoms with Crippen LogP contribution in [0.2, 0.25) is 0 Å². The SMILES string of the molecule is CC1(O)CCN(c2ccc(C(=N)N)cn2)CC1. The van der Waals surface area contributed by atoms with E-state index in [4.69, 9.17) is 11.1 Å². The zero-order valence-electron chi connectivity index (χ0n) is 9.98. The number of hydrogen-bond donors (Lipinski definition) is 3. The topological polar surface area (TPSA) is 86.2 Å². The molecule has 0 radical (unpaired) electrons. The van der Waals surface area contributed by atoms with Crippen LogP contribution < -0.4 is 10.6 Å². The minimum absolute atomic E-state index is 0.0330. The number of rotatable bonds is 2. The molecule has 1 aromatic heterocycles. The highest BCUT2D eigenvalue weighted by Gasteiger charge is 2.27. The van der Waals surface area contributed by atoms with Gasteiger partial charge in [-0.3, -0.25) is 5.41 Å². The van der Waals surface area contributed by atoms with E-state index < -0.39 is 5.60 Å². The van der Waals surface area contributed by atoms with Gasteiger partial charge in [0.2, 0.25) is 0 Å². The number of hydrogen-bond acceptors (Lipinski definition) is 4. The van der Waals surface area contributed by atoms with E-state index in [0.717, 1.165) is 31.7 Å². The molecule has 0 unspecified atom stereocenters. The Labute approximate surface area is 101 Å². The number of nitrogens with two attached hydrogens (primary N) is 1. The zero-order valence-corrected chi connectivity index (χ0v) is 9.98. The normalized spacial score (nSPS) is 19.1. The Morgan fingerprint density at radius 3 is 2.59 bits per heavy atom. The first kappa shape index (κ1) is 11.9. The molecule has 2 heterocycles. The van der Waals surface area contributed by atoms with E-state index in [-0.39, 0.29) is 5.84 Å². The number of nitrogens with one attached hydrogen (secondary N) is 1. The van der Waals surface area contributed by atoms with Gasteiger partial charge in [0.15, 0.2) is 0 Å². The van der Waals surface area contributed by atoms with Crippen LogP contribution in [0.3, 0.4) is 0 Å². The molecule has 0 saturated carbocycles. The number of pyridine rings is 1. The van der Waals surface area contributed by atoms with Gasteiger partial charge in [0.05, 0.1) is 5.60 Å². The summed E-state index contributed by atoms with van der Waals surface area (Å²) in [6.07, 6.45) is 3.12. The number of nitrogens with zero attached hydrogens (tertiary/aromatic N) is 2. The average molecular weight is 234 g/mol. The first-order chi connectivity index (χ1) is 7.98. The van der Waals surface area contributed by atoms with E-state index in [1.54, 1.807) is 12.3 Å². The van der Waals surface area contributed by atoms with Gasteiger partial charge in [-0.25, -0.2) is 4.98 Å². The lowest BCUT2D eigenvalue weighted by Crippen LogP contribution is -2.42. The number of piperidine rings is 1. The van der Waals surface area contributed by atoms with Gasteiger partial charge in [0, 0.05) is 24.8 Å². The van der Waals surface area contributed by atoms with Crippen LogP contribution in [-0.4, -0.2) is 34.6 Å². The Morgan fingerprint density at radius 2 is 2.12 bits per heavy atom. The van der Waals surface area contributed by atoms with Gasteiger partial charge >= 0.3 is 0 Å². The molecule has 17 heavy (non-hydrogen) atoms. The van der Waals surface area contributed by atoms with Crippen molar-refractivity contribution in [3.05, 3.63) is 23.9 Å². The maximum absolute atomic E-state index is 9.86. The highest BCUT2D eigenvalue weighted by Crippen LogP contribution is 2.24. The molecular formula is C12H18N4O. The number of anilines is 1. The third-order valence-corrected chi connectivity index (χ3v) is 3.22. The van der Waals surface area contributed by atoms with Gasteiger partial charge in [-0.05, 0) is 31.9 Å². The average Bonchev–Trinajstić information content (AvgIpc) is 2.29. The minimum atomic E-state index is -0.546. The molecular weight excluding hydrogens is 216 g/mol. The Morgan fingerprint density at radius 1 is 1.47 bits per heavy atom. The summed E-state index contributed by atoms with van der Waals surface area (Å²) >= 11 is 0. The fourth-order valence-electron chi connectivity index (χ4n) is 1.95. The van der Waals surface area contributed by atoms with Crippen LogP contribution in [-0.2, 0) is 0 Å². The van der Waals surface area contributed by atoms with Crippen molar-refractivity contribution in [1.82, 2.24) is 4.98 Å². The van der Waals surface area contributed by atoms with Crippen molar-refractivity contribution in [1.29, 1.82) is 5.41 Å². The standard InChI is InChI=1S/C12H18N4O/c1-12(17)4-6-16(7-5-12)10-3-2-9(8-15-10)11(13)14/h2-3,8,17H,4-7H2,1H3,(H3,13,14). The summed E-state index contributed by atoms with van der Waals surface area (Å²) in [4.78, 5) is 6.44. The second kappa shape index (κ2) is 4.33. The molecule has 1 aliphatic heterocycles. The highest BCUT2D eigenvalue weighted by molar-refractivity contribution is 5.94. The quantitative estimate of drug-likeness (QED) is 0.520. The van der Waals surface area contributed by atoms with Crippen LogP contribution in [0, 0.1) is 5.41 Å². The Hall–Kier alpha value is -1.62. The molecule has 0 bridgehead atoms. The van der Waals surface area contributed by atoms with E-state index in [0.29, 0.717) is 5.56 Å². The van der Waals surface area contributed by atoms with Crippen molar-refractivity contribution in [2.24, 2.45) is 5.73 Å². The number of aliphatic hydroxyl groups is 1. The molecule has 1 fully saturated rings. The lowest BCUT2D eigenvalue weighted by atomic mass is 9.94. The minimum Gasteiger partial charge on any atom is -0.390 e. The van der Waals surface area contributed by atoms with Crippen LogP contribution >= 0.6 is 0 Å². The zero-order chi connectivity index (χ0) is 12.5. The molecule has 4 N–H and O–H groups in total. The highest BCUT2D eigenvalue weighted by atomic mass is 16.3. The summed E-state index contributed by atoms with van der Waals surface area (Å²) in [6, 6.07) is 3.67. The summed E-state index contributed by atoms with van der Waals surface area (Å²) < 4.78 is 0. The van der Waals surface area contributed by atoms with Crippen LogP contribution in [0.15, 0.2) is 18.3 Å². The fourth-order valence-corrected chi connectivity index (χ4v) is 1.95. The van der Waals surface area contributed by atoms with Crippen molar-refractivity contribution in [2.75, 3.05) is 18.0 Å². The monoisotopic (exact) mass is 234 g/mol. The maximum Gasteiger partial charge on any atom is 0.128 e. The van der Waals surface area contributed by atoms with Crippen molar-refractivity contribution >= 4 is 11.7 Å². The first-order valence-electron chi connectivity index (χ1n) is 5.76. The number of aromatic nitrogens is 1. The van der Waals surface area contributed by atoms with Crippen LogP contribution in [0.1, 0.15) is 25.3 Å². The molecule has 0 aromatic carbocycles. The van der Waals surface area contributed by atoms with E-state index >= 15 is 0 Å². The molecule has 5 nitrogen and oxygen atoms in total. The maximum atomic E-state index is 9.86. The lowest BCUT2D eigenvalue weighted by Gasteiger charge is -2.36. The van der Waals surface area contributed by atoms with Crippen LogP contribution in [0.25, 0.3) is 0 Å². The van der Waals surface area contributed by atoms with Crippen molar-refractivity contribution in [2.45, 2.75) is 25.4 Å². The molecule has 0 atom stereocenters. The molecule has 2 rings (SSSR count). The largest absolute Gasteiger partial charge is 0.390 e. The van der Waals surface area contributed by atoms with E-state index in [9.17, 15) is 5.11 Å². The Bertz CT molecular complexity index is 403. The summed E-state index contributed by atoms with van der Waals surface area (Å²) in [5.74, 6) is 0.913. The van der Waals surface area contributed by atoms with E-state index in [1.807, 2.05) is 13.0 Å². The van der Waals surface area contributed by atoms with Crippen molar-refractivity contribution in [3.63, 3.8) is 0 Å². The van der Waals surface area contributed by atoms with E-state index in [2.05, 4.69) is 9.88 Å². The smallest absolute Gasteiger partial charge is 0.128 e. The summed E-state index contributed by atoms with van der Waals surface area (Å²) in [5.41, 5.74) is 5.47. The first-order valence-corrected chi connectivity index (χ1v) is 5.76. The van der Waals surface area contributed by atoms with Crippen molar-refractivity contribution < 1.29 is 5.11 Å². The molecule has 0 aliphatic carbocycles. The van der Waals surface area contributed by atoms with E-state index in [1.165, 1.54) is 0 Å². The summed E-state index contributed by atoms with van der Waals surface area (Å²) in [7, 11) is 0. The molecule has 92 valence electrons. The number of nitrogen functional groups attached to an aromatic ring is 1. The molecule has 1 saturated heterocycles. The second-order valence-electron chi connectivity index (χ2n) is 4.80. The van der Waals surface area contributed by atoms with Gasteiger partial charge in [0.25, 0.3) is 0 Å². The van der Waals surface area contributed by atoms with Crippen LogP contribution in [0.5, 0.6) is 0 Å². The molecule has 1 aromatic rings. The van der Waals surface area contributed by atoms with Gasteiger partial charge in [-0.15, -0.1) is 0 Å². The van der Waals surface area contributed by atoms with Gasteiger partial charge in [-0.2, -0.15) is 0 Å². The lowest BCUT2D eigenvalue weighted by molar-refractivity contribution is 0.0350. The molecule has 0 spiro atoms. The van der Waals surface area contributed by atoms with Gasteiger partial charge in [-0.1, -0.05) is 0 Å². The third-order valence-electron chi connectivity index (χ3n) is 3.22. The number of amidine groups is 1. The van der Waals surface area contributed by atoms with Gasteiger partial charge < -0.3 is 15.7 Å². The van der Waals surface area contributed by atoms with Crippen LogP contribution in [0.4, 0.5) is 5.82 Å². The molecule has 1 aliphatic rings. The van der Waals surface area contributed by atoms with Gasteiger partial charge in [0.1, 0.15) is 11.7 Å². The Balaban J connectivity index is 2.06. The summed E-state index contributed by atoms with van der Waals surface area (Å²) in [5, 5.41) is 17.2.